The first-order chi connectivity index (χ1) is 11.4. The van der Waals surface area contributed by atoms with Gasteiger partial charge < -0.3 is 24.8 Å². The highest BCUT2D eigenvalue weighted by Gasteiger charge is 2.63. The van der Waals surface area contributed by atoms with Crippen LogP contribution in [-0.2, 0) is 10.3 Å². The predicted molar refractivity (Wildman–Crippen MR) is 82.9 cm³/mol. The molecule has 3 aliphatic rings. The molecule has 4 rings (SSSR count). The normalized spacial score (nSPS) is 34.8. The minimum Gasteiger partial charge on any atom is -0.504 e. The van der Waals surface area contributed by atoms with Crippen LogP contribution in [0.3, 0.4) is 0 Å². The zero-order valence-corrected chi connectivity index (χ0v) is 13.4. The number of ether oxygens (including phenoxy) is 2. The summed E-state index contributed by atoms with van der Waals surface area (Å²) in [6, 6.07) is 2.42. The Kier molecular flexibility index (Phi) is 3.19. The number of nitrogens with zero attached hydrogens (tertiary/aromatic N) is 1. The second kappa shape index (κ2) is 4.95. The lowest BCUT2D eigenvalue weighted by molar-refractivity contribution is -0.148. The maximum absolute atomic E-state index is 12.5. The Labute approximate surface area is 138 Å². The van der Waals surface area contributed by atoms with E-state index in [1.165, 1.54) is 19.2 Å². The third kappa shape index (κ3) is 1.74. The van der Waals surface area contributed by atoms with Gasteiger partial charge in [0.25, 0.3) is 0 Å². The molecule has 1 aromatic carbocycles. The van der Waals surface area contributed by atoms with Crippen LogP contribution in [0.2, 0.25) is 0 Å². The first kappa shape index (κ1) is 15.4. The minimum atomic E-state index is -1.44. The second-order valence-electron chi connectivity index (χ2n) is 6.56. The Bertz CT molecular complexity index is 760. The van der Waals surface area contributed by atoms with Gasteiger partial charge >= 0.3 is 5.97 Å². The monoisotopic (exact) mass is 333 g/mol. The van der Waals surface area contributed by atoms with E-state index in [1.807, 2.05) is 11.9 Å². The molecule has 0 unspecified atom stereocenters. The number of aliphatic hydroxyl groups excluding tert-OH is 2. The van der Waals surface area contributed by atoms with Crippen LogP contribution in [0.25, 0.3) is 0 Å². The van der Waals surface area contributed by atoms with E-state index in [4.69, 9.17) is 9.47 Å². The van der Waals surface area contributed by atoms with Crippen LogP contribution in [0.5, 0.6) is 11.5 Å². The number of aliphatic hydroxyl groups is 2. The van der Waals surface area contributed by atoms with E-state index in [2.05, 4.69) is 0 Å². The number of phenols is 1. The zero-order chi connectivity index (χ0) is 17.2. The summed E-state index contributed by atoms with van der Waals surface area (Å²) >= 11 is 0. The summed E-state index contributed by atoms with van der Waals surface area (Å²) in [6.45, 7) is 0.729. The van der Waals surface area contributed by atoms with Gasteiger partial charge in [-0.1, -0.05) is 6.08 Å². The van der Waals surface area contributed by atoms with E-state index in [9.17, 15) is 20.1 Å². The topological polar surface area (TPSA) is 99.5 Å². The fourth-order valence-corrected chi connectivity index (χ4v) is 4.27. The van der Waals surface area contributed by atoms with Gasteiger partial charge in [-0.25, -0.2) is 4.79 Å². The summed E-state index contributed by atoms with van der Waals surface area (Å²) in [5.41, 5.74) is 0.0932. The molecule has 7 nitrogen and oxygen atoms in total. The van der Waals surface area contributed by atoms with Gasteiger partial charge in [-0.15, -0.1) is 0 Å². The first-order valence-electron chi connectivity index (χ1n) is 7.82. The Morgan fingerprint density at radius 1 is 1.38 bits per heavy atom. The number of methoxy groups -OCH3 is 1. The number of hydrogen-bond donors (Lipinski definition) is 3. The molecule has 1 saturated heterocycles. The number of fused-ring (bicyclic) bond motifs is 4. The van der Waals surface area contributed by atoms with Crippen LogP contribution >= 0.6 is 0 Å². The summed E-state index contributed by atoms with van der Waals surface area (Å²) in [4.78, 5) is 14.5. The number of rotatable bonds is 1. The van der Waals surface area contributed by atoms with Crippen molar-refractivity contribution in [2.45, 2.75) is 30.3 Å². The van der Waals surface area contributed by atoms with Crippen LogP contribution < -0.4 is 4.74 Å². The van der Waals surface area contributed by atoms with E-state index >= 15 is 0 Å². The SMILES string of the molecule is COc1cc2c(cc1O)[C@]1(OC2=O)[C@H](O)[C@@H](O)C=C2CCN(C)[C@H]21. The highest BCUT2D eigenvalue weighted by atomic mass is 16.6. The molecule has 1 aliphatic carbocycles. The summed E-state index contributed by atoms with van der Waals surface area (Å²) in [5.74, 6) is -0.590. The van der Waals surface area contributed by atoms with E-state index < -0.39 is 23.8 Å². The van der Waals surface area contributed by atoms with Gasteiger partial charge in [0.05, 0.1) is 18.7 Å². The third-order valence-electron chi connectivity index (χ3n) is 5.32. The van der Waals surface area contributed by atoms with Gasteiger partial charge in [0, 0.05) is 12.1 Å². The highest BCUT2D eigenvalue weighted by Crippen LogP contribution is 2.52. The molecular weight excluding hydrogens is 314 g/mol. The van der Waals surface area contributed by atoms with Gasteiger partial charge in [0.1, 0.15) is 12.2 Å². The lowest BCUT2D eigenvalue weighted by Crippen LogP contribution is -2.60. The van der Waals surface area contributed by atoms with Gasteiger partial charge in [0.2, 0.25) is 0 Å². The van der Waals surface area contributed by atoms with Crippen molar-refractivity contribution in [2.24, 2.45) is 0 Å². The molecule has 0 radical (unpaired) electrons. The number of carbonyl (C=O) groups excluding carboxylic acids is 1. The Balaban J connectivity index is 1.97. The molecule has 2 heterocycles. The molecule has 1 fully saturated rings. The molecule has 7 heteroatoms. The van der Waals surface area contributed by atoms with Crippen LogP contribution in [0, 0.1) is 0 Å². The molecule has 4 atom stereocenters. The van der Waals surface area contributed by atoms with Crippen molar-refractivity contribution >= 4 is 5.97 Å². The minimum absolute atomic E-state index is 0.146. The number of benzene rings is 1. The zero-order valence-electron chi connectivity index (χ0n) is 13.4. The summed E-state index contributed by atoms with van der Waals surface area (Å²) in [5, 5.41) is 31.2. The molecule has 0 aromatic heterocycles. The molecule has 0 bridgehead atoms. The molecule has 1 aromatic rings. The molecule has 128 valence electrons. The number of carbonyl (C=O) groups is 1. The molecule has 0 amide bonds. The van der Waals surface area contributed by atoms with E-state index in [-0.39, 0.29) is 23.1 Å². The van der Waals surface area contributed by atoms with Crippen molar-refractivity contribution in [1.82, 2.24) is 4.90 Å². The standard InChI is InChI=1S/C17H19NO6/c1-18-4-3-8-5-12(20)15(21)17(14(8)18)10-7-11(19)13(23-2)6-9(10)16(22)24-17/h5-7,12,14-15,19-21H,3-4H2,1-2H3/t12-,14+,15+,17+/m0/s1. The second-order valence-corrected chi connectivity index (χ2v) is 6.56. The largest absolute Gasteiger partial charge is 0.504 e. The van der Waals surface area contributed by atoms with Crippen molar-refractivity contribution in [3.63, 3.8) is 0 Å². The smallest absolute Gasteiger partial charge is 0.339 e. The quantitative estimate of drug-likeness (QED) is 0.496. The predicted octanol–water partition coefficient (Wildman–Crippen LogP) is 0.132. The fraction of sp³-hybridized carbons (Fsp3) is 0.471. The average Bonchev–Trinajstić information content (AvgIpc) is 3.04. The van der Waals surface area contributed by atoms with E-state index in [0.29, 0.717) is 5.56 Å². The highest BCUT2D eigenvalue weighted by molar-refractivity contribution is 5.96. The van der Waals surface area contributed by atoms with Crippen LogP contribution in [-0.4, -0.2) is 65.1 Å². The molecular formula is C17H19NO6. The Morgan fingerprint density at radius 3 is 2.83 bits per heavy atom. The van der Waals surface area contributed by atoms with Gasteiger partial charge in [-0.2, -0.15) is 0 Å². The maximum atomic E-state index is 12.5. The molecule has 1 spiro atoms. The number of hydrogen-bond acceptors (Lipinski definition) is 7. The van der Waals surface area contributed by atoms with Crippen LogP contribution in [0.4, 0.5) is 0 Å². The van der Waals surface area contributed by atoms with E-state index in [0.717, 1.165) is 18.5 Å². The number of aromatic hydroxyl groups is 1. The van der Waals surface area contributed by atoms with Crippen LogP contribution in [0.1, 0.15) is 22.3 Å². The fourth-order valence-electron chi connectivity index (χ4n) is 4.27. The van der Waals surface area contributed by atoms with Crippen molar-refractivity contribution in [3.05, 3.63) is 34.9 Å². The summed E-state index contributed by atoms with van der Waals surface area (Å²) in [7, 11) is 3.27. The Morgan fingerprint density at radius 2 is 2.12 bits per heavy atom. The van der Waals surface area contributed by atoms with Gasteiger partial charge in [0.15, 0.2) is 17.1 Å². The summed E-state index contributed by atoms with van der Waals surface area (Å²) in [6.07, 6.45) is -0.114. The van der Waals surface area contributed by atoms with Gasteiger partial charge in [-0.05, 0) is 31.2 Å². The van der Waals surface area contributed by atoms with E-state index in [1.54, 1.807) is 6.08 Å². The van der Waals surface area contributed by atoms with Gasteiger partial charge in [-0.3, -0.25) is 4.90 Å². The number of likely N-dealkylation sites (tertiary alicyclic amines) is 1. The number of phenolic OH excluding ortho intramolecular Hbond substituents is 1. The lowest BCUT2D eigenvalue weighted by atomic mass is 9.72. The number of esters is 1. The third-order valence-corrected chi connectivity index (χ3v) is 5.32. The molecule has 0 saturated carbocycles. The number of likely N-dealkylation sites (N-methyl/N-ethyl adjacent to an activating group) is 1. The molecule has 3 N–H and O–H groups in total. The van der Waals surface area contributed by atoms with Crippen molar-refractivity contribution in [2.75, 3.05) is 20.7 Å². The first-order valence-corrected chi connectivity index (χ1v) is 7.82. The van der Waals surface area contributed by atoms with Crippen molar-refractivity contribution in [1.29, 1.82) is 0 Å². The molecule has 2 aliphatic heterocycles. The molecule has 24 heavy (non-hydrogen) atoms. The summed E-state index contributed by atoms with van der Waals surface area (Å²) < 4.78 is 10.7. The van der Waals surface area contributed by atoms with Crippen molar-refractivity contribution < 1.29 is 29.6 Å². The van der Waals surface area contributed by atoms with Crippen LogP contribution in [0.15, 0.2) is 23.8 Å². The maximum Gasteiger partial charge on any atom is 0.339 e. The lowest BCUT2D eigenvalue weighted by Gasteiger charge is -2.45. The van der Waals surface area contributed by atoms with Crippen molar-refractivity contribution in [3.8, 4) is 11.5 Å². The average molecular weight is 333 g/mol. The Hall–Kier alpha value is -2.09.